The van der Waals surface area contributed by atoms with Gasteiger partial charge in [0.15, 0.2) is 0 Å². The van der Waals surface area contributed by atoms with E-state index in [0.717, 1.165) is 38.3 Å². The van der Waals surface area contributed by atoms with Crippen molar-refractivity contribution in [1.29, 1.82) is 0 Å². The molecule has 5 heteroatoms. The van der Waals surface area contributed by atoms with Gasteiger partial charge in [-0.05, 0) is 41.2 Å². The number of hydrogen-bond acceptors (Lipinski definition) is 4. The van der Waals surface area contributed by atoms with E-state index in [-0.39, 0.29) is 6.61 Å². The smallest absolute Gasteiger partial charge is 0.0641 e. The summed E-state index contributed by atoms with van der Waals surface area (Å²) in [5.41, 5.74) is 3.81. The Kier molecular flexibility index (Phi) is 5.41. The van der Waals surface area contributed by atoms with Crippen LogP contribution in [0.2, 0.25) is 0 Å². The summed E-state index contributed by atoms with van der Waals surface area (Å²) in [6.45, 7) is 13.1. The van der Waals surface area contributed by atoms with Crippen LogP contribution in [0.1, 0.15) is 43.3 Å². The van der Waals surface area contributed by atoms with E-state index in [1.165, 1.54) is 11.3 Å². The molecule has 120 valence electrons. The molecular formula is C16H30N4O. The topological polar surface area (TPSA) is 44.5 Å². The minimum atomic E-state index is 0.270. The van der Waals surface area contributed by atoms with Crippen LogP contribution in [-0.4, -0.2) is 64.0 Å². The molecule has 1 aromatic rings. The molecule has 0 saturated carbocycles. The van der Waals surface area contributed by atoms with Crippen molar-refractivity contribution in [3.63, 3.8) is 0 Å². The second-order valence-electron chi connectivity index (χ2n) is 6.57. The highest BCUT2D eigenvalue weighted by Crippen LogP contribution is 2.21. The molecule has 1 saturated heterocycles. The van der Waals surface area contributed by atoms with Gasteiger partial charge in [0.25, 0.3) is 0 Å². The summed E-state index contributed by atoms with van der Waals surface area (Å²) in [4.78, 5) is 4.87. The number of nitrogens with zero attached hydrogens (tertiary/aromatic N) is 4. The van der Waals surface area contributed by atoms with Gasteiger partial charge in [-0.15, -0.1) is 0 Å². The zero-order valence-electron chi connectivity index (χ0n) is 14.1. The fraction of sp³-hybridized carbons (Fsp3) is 0.812. The first kappa shape index (κ1) is 16.5. The maximum atomic E-state index is 9.21. The largest absolute Gasteiger partial charge is 0.396 e. The average Bonchev–Trinajstić information content (AvgIpc) is 2.71. The maximum Gasteiger partial charge on any atom is 0.0641 e. The number of piperazine rings is 1. The predicted molar refractivity (Wildman–Crippen MR) is 85.5 cm³/mol. The van der Waals surface area contributed by atoms with Gasteiger partial charge in [0.1, 0.15) is 0 Å². The van der Waals surface area contributed by atoms with Crippen LogP contribution in [-0.2, 0) is 6.54 Å². The first-order valence-electron chi connectivity index (χ1n) is 8.02. The molecule has 1 atom stereocenters. The molecule has 1 unspecified atom stereocenters. The lowest BCUT2D eigenvalue weighted by Gasteiger charge is -2.39. The van der Waals surface area contributed by atoms with Crippen molar-refractivity contribution in [2.75, 3.05) is 33.3 Å². The van der Waals surface area contributed by atoms with Gasteiger partial charge in [0, 0.05) is 56.1 Å². The first-order valence-corrected chi connectivity index (χ1v) is 8.02. The Morgan fingerprint density at radius 1 is 1.29 bits per heavy atom. The standard InChI is InChI=1S/C16H30N4O/c1-12(2)20-14(4)16(13(3)17-20)11-19-8-7-18(5)15(10-19)6-9-21/h12,15,21H,6-11H2,1-5H3. The van der Waals surface area contributed by atoms with Crippen molar-refractivity contribution in [1.82, 2.24) is 19.6 Å². The van der Waals surface area contributed by atoms with Crippen LogP contribution in [0.3, 0.4) is 0 Å². The lowest BCUT2D eigenvalue weighted by Crippen LogP contribution is -2.51. The van der Waals surface area contributed by atoms with Crippen molar-refractivity contribution in [2.45, 2.75) is 52.7 Å². The highest BCUT2D eigenvalue weighted by molar-refractivity contribution is 5.25. The summed E-state index contributed by atoms with van der Waals surface area (Å²) in [5.74, 6) is 0. The van der Waals surface area contributed by atoms with E-state index in [4.69, 9.17) is 0 Å². The Labute approximate surface area is 128 Å². The van der Waals surface area contributed by atoms with E-state index in [0.29, 0.717) is 12.1 Å². The van der Waals surface area contributed by atoms with Crippen molar-refractivity contribution in [2.24, 2.45) is 0 Å². The van der Waals surface area contributed by atoms with Crippen molar-refractivity contribution in [3.05, 3.63) is 17.0 Å². The quantitative estimate of drug-likeness (QED) is 0.895. The molecule has 0 radical (unpaired) electrons. The van der Waals surface area contributed by atoms with Gasteiger partial charge in [0.05, 0.1) is 5.69 Å². The molecule has 0 amide bonds. The number of aliphatic hydroxyl groups is 1. The molecule has 1 aliphatic rings. The zero-order valence-corrected chi connectivity index (χ0v) is 14.1. The number of aliphatic hydroxyl groups excluding tert-OH is 1. The number of aryl methyl sites for hydroxylation is 1. The molecule has 5 nitrogen and oxygen atoms in total. The van der Waals surface area contributed by atoms with Crippen molar-refractivity contribution >= 4 is 0 Å². The molecule has 21 heavy (non-hydrogen) atoms. The third-order valence-corrected chi connectivity index (χ3v) is 4.67. The van der Waals surface area contributed by atoms with Crippen molar-refractivity contribution < 1.29 is 5.11 Å². The summed E-state index contributed by atoms with van der Waals surface area (Å²) >= 11 is 0. The molecule has 0 aromatic carbocycles. The van der Waals surface area contributed by atoms with E-state index in [1.54, 1.807) is 0 Å². The van der Waals surface area contributed by atoms with Crippen LogP contribution in [0.25, 0.3) is 0 Å². The summed E-state index contributed by atoms with van der Waals surface area (Å²) < 4.78 is 2.13. The van der Waals surface area contributed by atoms with E-state index >= 15 is 0 Å². The van der Waals surface area contributed by atoms with Crippen LogP contribution in [0.4, 0.5) is 0 Å². The van der Waals surface area contributed by atoms with Crippen LogP contribution in [0.5, 0.6) is 0 Å². The Balaban J connectivity index is 2.08. The molecule has 0 spiro atoms. The molecule has 1 fully saturated rings. The summed E-state index contributed by atoms with van der Waals surface area (Å²) in [7, 11) is 2.16. The van der Waals surface area contributed by atoms with Gasteiger partial charge in [-0.3, -0.25) is 9.58 Å². The number of rotatable bonds is 5. The van der Waals surface area contributed by atoms with Crippen LogP contribution in [0, 0.1) is 13.8 Å². The Morgan fingerprint density at radius 2 is 2.00 bits per heavy atom. The van der Waals surface area contributed by atoms with Gasteiger partial charge in [-0.2, -0.15) is 5.10 Å². The molecule has 2 heterocycles. The van der Waals surface area contributed by atoms with E-state index in [9.17, 15) is 5.11 Å². The van der Waals surface area contributed by atoms with Crippen LogP contribution < -0.4 is 0 Å². The highest BCUT2D eigenvalue weighted by atomic mass is 16.3. The molecular weight excluding hydrogens is 264 g/mol. The normalized spacial score (nSPS) is 21.4. The Bertz CT molecular complexity index is 469. The lowest BCUT2D eigenvalue weighted by atomic mass is 10.1. The molecule has 2 rings (SSSR count). The van der Waals surface area contributed by atoms with Crippen LogP contribution in [0.15, 0.2) is 0 Å². The first-order chi connectivity index (χ1) is 9.93. The SMILES string of the molecule is Cc1nn(C(C)C)c(C)c1CN1CCN(C)C(CCO)C1. The molecule has 1 N–H and O–H groups in total. The monoisotopic (exact) mass is 294 g/mol. The minimum Gasteiger partial charge on any atom is -0.396 e. The minimum absolute atomic E-state index is 0.270. The average molecular weight is 294 g/mol. The number of likely N-dealkylation sites (N-methyl/N-ethyl adjacent to an activating group) is 1. The van der Waals surface area contributed by atoms with E-state index in [1.807, 2.05) is 0 Å². The zero-order chi connectivity index (χ0) is 15.6. The molecule has 0 bridgehead atoms. The van der Waals surface area contributed by atoms with Gasteiger partial charge in [-0.25, -0.2) is 0 Å². The predicted octanol–water partition coefficient (Wildman–Crippen LogP) is 1.58. The second-order valence-corrected chi connectivity index (χ2v) is 6.57. The van der Waals surface area contributed by atoms with Crippen LogP contribution >= 0.6 is 0 Å². The third-order valence-electron chi connectivity index (χ3n) is 4.67. The second kappa shape index (κ2) is 6.90. The van der Waals surface area contributed by atoms with Gasteiger partial charge in [0.2, 0.25) is 0 Å². The third kappa shape index (κ3) is 3.65. The van der Waals surface area contributed by atoms with Gasteiger partial charge in [-0.1, -0.05) is 0 Å². The fourth-order valence-electron chi connectivity index (χ4n) is 3.27. The number of aromatic nitrogens is 2. The summed E-state index contributed by atoms with van der Waals surface area (Å²) in [5, 5.41) is 13.9. The van der Waals surface area contributed by atoms with E-state index < -0.39 is 0 Å². The highest BCUT2D eigenvalue weighted by Gasteiger charge is 2.25. The molecule has 0 aliphatic carbocycles. The molecule has 1 aliphatic heterocycles. The fourth-order valence-corrected chi connectivity index (χ4v) is 3.27. The Hall–Kier alpha value is -0.910. The van der Waals surface area contributed by atoms with Gasteiger partial charge < -0.3 is 10.0 Å². The van der Waals surface area contributed by atoms with Crippen molar-refractivity contribution in [3.8, 4) is 0 Å². The Morgan fingerprint density at radius 3 is 2.57 bits per heavy atom. The van der Waals surface area contributed by atoms with Gasteiger partial charge >= 0.3 is 0 Å². The maximum absolute atomic E-state index is 9.21. The summed E-state index contributed by atoms with van der Waals surface area (Å²) in [6.07, 6.45) is 0.857. The summed E-state index contributed by atoms with van der Waals surface area (Å²) in [6, 6.07) is 0.872. The molecule has 1 aromatic heterocycles. The lowest BCUT2D eigenvalue weighted by molar-refractivity contribution is 0.0740. The van der Waals surface area contributed by atoms with E-state index in [2.05, 4.69) is 54.3 Å². The number of hydrogen-bond donors (Lipinski definition) is 1.